The summed E-state index contributed by atoms with van der Waals surface area (Å²) in [6.45, 7) is 0.423. The summed E-state index contributed by atoms with van der Waals surface area (Å²) in [5.41, 5.74) is 0.634. The van der Waals surface area contributed by atoms with Crippen molar-refractivity contribution in [3.63, 3.8) is 0 Å². The van der Waals surface area contributed by atoms with Gasteiger partial charge in [0, 0.05) is 17.8 Å². The Morgan fingerprint density at radius 3 is 2.64 bits per heavy atom. The molecular formula is C19H20N2O3S. The van der Waals surface area contributed by atoms with Gasteiger partial charge in [-0.3, -0.25) is 9.59 Å². The third kappa shape index (κ3) is 3.69. The second-order valence-electron chi connectivity index (χ2n) is 6.56. The highest BCUT2D eigenvalue weighted by Gasteiger charge is 2.42. The van der Waals surface area contributed by atoms with Crippen molar-refractivity contribution in [1.29, 1.82) is 0 Å². The molecule has 2 amide bonds. The van der Waals surface area contributed by atoms with Crippen molar-refractivity contribution in [2.45, 2.75) is 37.5 Å². The van der Waals surface area contributed by atoms with Crippen LogP contribution in [0.5, 0.6) is 5.75 Å². The van der Waals surface area contributed by atoms with Crippen LogP contribution in [-0.4, -0.2) is 41.4 Å². The number of para-hydroxylation sites is 1. The first kappa shape index (κ1) is 16.1. The van der Waals surface area contributed by atoms with E-state index in [0.29, 0.717) is 18.5 Å². The first-order chi connectivity index (χ1) is 12.2. The molecule has 2 aliphatic rings. The molecule has 0 radical (unpaired) electrons. The summed E-state index contributed by atoms with van der Waals surface area (Å²) in [5, 5.41) is 6.72. The predicted molar refractivity (Wildman–Crippen MR) is 95.8 cm³/mol. The van der Waals surface area contributed by atoms with Gasteiger partial charge in [-0.2, -0.15) is 11.3 Å². The van der Waals surface area contributed by atoms with Gasteiger partial charge < -0.3 is 15.0 Å². The molecule has 1 saturated carbocycles. The minimum absolute atomic E-state index is 0.0646. The van der Waals surface area contributed by atoms with E-state index in [4.69, 9.17) is 4.74 Å². The van der Waals surface area contributed by atoms with Gasteiger partial charge in [0.2, 0.25) is 5.91 Å². The SMILES string of the molecule is O=C(NC1CC1)[C@@H]1C[C@H](Oc2ccccc2)CN1C(=O)c1ccsc1. The van der Waals surface area contributed by atoms with Crippen LogP contribution in [-0.2, 0) is 4.79 Å². The highest BCUT2D eigenvalue weighted by atomic mass is 32.1. The Morgan fingerprint density at radius 2 is 1.96 bits per heavy atom. The number of thiophene rings is 1. The molecule has 6 heteroatoms. The number of nitrogens with zero attached hydrogens (tertiary/aromatic N) is 1. The van der Waals surface area contributed by atoms with E-state index in [-0.39, 0.29) is 24.0 Å². The number of nitrogens with one attached hydrogen (secondary N) is 1. The molecule has 1 saturated heterocycles. The Hall–Kier alpha value is -2.34. The number of likely N-dealkylation sites (tertiary alicyclic amines) is 1. The molecule has 1 aliphatic carbocycles. The molecule has 1 aliphatic heterocycles. The van der Waals surface area contributed by atoms with Crippen LogP contribution in [0.2, 0.25) is 0 Å². The molecule has 0 unspecified atom stereocenters. The van der Waals surface area contributed by atoms with Gasteiger partial charge in [0.25, 0.3) is 5.91 Å². The summed E-state index contributed by atoms with van der Waals surface area (Å²) in [6.07, 6.45) is 2.39. The fraction of sp³-hybridized carbons (Fsp3) is 0.368. The average Bonchev–Trinajstić information content (AvgIpc) is 3.12. The third-order valence-corrected chi connectivity index (χ3v) is 5.25. The molecule has 1 aromatic carbocycles. The van der Waals surface area contributed by atoms with Gasteiger partial charge >= 0.3 is 0 Å². The predicted octanol–water partition coefficient (Wildman–Crippen LogP) is 2.69. The van der Waals surface area contributed by atoms with Gasteiger partial charge in [-0.25, -0.2) is 0 Å². The zero-order valence-corrected chi connectivity index (χ0v) is 14.6. The second kappa shape index (κ2) is 6.88. The number of hydrogen-bond donors (Lipinski definition) is 1. The molecular weight excluding hydrogens is 336 g/mol. The average molecular weight is 356 g/mol. The van der Waals surface area contributed by atoms with Crippen molar-refractivity contribution in [3.05, 3.63) is 52.7 Å². The van der Waals surface area contributed by atoms with Crippen LogP contribution in [0.4, 0.5) is 0 Å². The van der Waals surface area contributed by atoms with Gasteiger partial charge in [-0.05, 0) is 36.4 Å². The number of carbonyl (C=O) groups excluding carboxylic acids is 2. The van der Waals surface area contributed by atoms with Crippen LogP contribution in [0.3, 0.4) is 0 Å². The third-order valence-electron chi connectivity index (χ3n) is 4.56. The molecule has 0 spiro atoms. The Balaban J connectivity index is 1.51. The van der Waals surface area contributed by atoms with E-state index in [2.05, 4.69) is 5.32 Å². The number of carbonyl (C=O) groups is 2. The lowest BCUT2D eigenvalue weighted by atomic mass is 10.1. The topological polar surface area (TPSA) is 58.6 Å². The first-order valence-corrected chi connectivity index (χ1v) is 9.50. The van der Waals surface area contributed by atoms with Crippen LogP contribution >= 0.6 is 11.3 Å². The number of rotatable bonds is 5. The van der Waals surface area contributed by atoms with Crippen LogP contribution < -0.4 is 10.1 Å². The number of amides is 2. The van der Waals surface area contributed by atoms with Gasteiger partial charge in [-0.1, -0.05) is 18.2 Å². The molecule has 2 heterocycles. The maximum absolute atomic E-state index is 12.8. The molecule has 4 rings (SSSR count). The highest BCUT2D eigenvalue weighted by Crippen LogP contribution is 2.27. The van der Waals surface area contributed by atoms with E-state index in [9.17, 15) is 9.59 Å². The quantitative estimate of drug-likeness (QED) is 0.896. The number of ether oxygens (including phenoxy) is 1. The minimum atomic E-state index is -0.471. The van der Waals surface area contributed by atoms with Gasteiger partial charge in [0.05, 0.1) is 12.1 Å². The van der Waals surface area contributed by atoms with Crippen LogP contribution in [0.1, 0.15) is 29.6 Å². The van der Waals surface area contributed by atoms with Crippen LogP contribution in [0.15, 0.2) is 47.2 Å². The van der Waals surface area contributed by atoms with Gasteiger partial charge in [0.1, 0.15) is 17.9 Å². The summed E-state index contributed by atoms with van der Waals surface area (Å²) in [6, 6.07) is 11.1. The lowest BCUT2D eigenvalue weighted by Gasteiger charge is -2.23. The van der Waals surface area contributed by atoms with E-state index in [0.717, 1.165) is 18.6 Å². The van der Waals surface area contributed by atoms with E-state index in [1.54, 1.807) is 11.0 Å². The summed E-state index contributed by atoms with van der Waals surface area (Å²) >= 11 is 1.48. The van der Waals surface area contributed by atoms with Gasteiger partial charge in [-0.15, -0.1) is 0 Å². The maximum atomic E-state index is 12.8. The maximum Gasteiger partial charge on any atom is 0.255 e. The summed E-state index contributed by atoms with van der Waals surface area (Å²) in [5.74, 6) is 0.597. The summed E-state index contributed by atoms with van der Waals surface area (Å²) in [4.78, 5) is 27.1. The standard InChI is InChI=1S/C19H20N2O3S/c22-18(20-14-6-7-14)17-10-16(24-15-4-2-1-3-5-15)11-21(17)19(23)13-8-9-25-12-13/h1-5,8-9,12,14,16-17H,6-7,10-11H2,(H,20,22)/t16-,17-/m0/s1. The number of benzene rings is 1. The second-order valence-corrected chi connectivity index (χ2v) is 7.34. The Labute approximate surface area is 150 Å². The smallest absolute Gasteiger partial charge is 0.255 e. The van der Waals surface area contributed by atoms with Crippen molar-refractivity contribution in [1.82, 2.24) is 10.2 Å². The minimum Gasteiger partial charge on any atom is -0.488 e. The lowest BCUT2D eigenvalue weighted by Crippen LogP contribution is -2.46. The molecule has 2 atom stereocenters. The molecule has 0 bridgehead atoms. The van der Waals surface area contributed by atoms with E-state index in [1.807, 2.05) is 41.1 Å². The zero-order valence-electron chi connectivity index (χ0n) is 13.8. The normalized spacial score (nSPS) is 22.6. The highest BCUT2D eigenvalue weighted by molar-refractivity contribution is 7.08. The molecule has 2 aromatic rings. The number of hydrogen-bond acceptors (Lipinski definition) is 4. The van der Waals surface area contributed by atoms with Crippen molar-refractivity contribution in [2.75, 3.05) is 6.54 Å². The largest absolute Gasteiger partial charge is 0.488 e. The Morgan fingerprint density at radius 1 is 1.16 bits per heavy atom. The summed E-state index contributed by atoms with van der Waals surface area (Å²) < 4.78 is 6.00. The van der Waals surface area contributed by atoms with Gasteiger partial charge in [0.15, 0.2) is 0 Å². The van der Waals surface area contributed by atoms with Crippen molar-refractivity contribution in [2.24, 2.45) is 0 Å². The fourth-order valence-corrected chi connectivity index (χ4v) is 3.75. The van der Waals surface area contributed by atoms with Crippen molar-refractivity contribution < 1.29 is 14.3 Å². The molecule has 130 valence electrons. The Bertz CT molecular complexity index is 743. The Kier molecular flexibility index (Phi) is 4.44. The molecule has 1 N–H and O–H groups in total. The van der Waals surface area contributed by atoms with Crippen LogP contribution in [0, 0.1) is 0 Å². The zero-order chi connectivity index (χ0) is 17.2. The van der Waals surface area contributed by atoms with Crippen LogP contribution in [0.25, 0.3) is 0 Å². The first-order valence-electron chi connectivity index (χ1n) is 8.56. The molecule has 1 aromatic heterocycles. The van der Waals surface area contributed by atoms with Crippen molar-refractivity contribution in [3.8, 4) is 5.75 Å². The van der Waals surface area contributed by atoms with E-state index < -0.39 is 6.04 Å². The fourth-order valence-electron chi connectivity index (χ4n) is 3.12. The molecule has 2 fully saturated rings. The summed E-state index contributed by atoms with van der Waals surface area (Å²) in [7, 11) is 0. The van der Waals surface area contributed by atoms with Crippen molar-refractivity contribution >= 4 is 23.2 Å². The molecule has 5 nitrogen and oxygen atoms in total. The monoisotopic (exact) mass is 356 g/mol. The molecule has 25 heavy (non-hydrogen) atoms. The van der Waals surface area contributed by atoms with E-state index >= 15 is 0 Å². The lowest BCUT2D eigenvalue weighted by molar-refractivity contribution is -0.125. The van der Waals surface area contributed by atoms with E-state index in [1.165, 1.54) is 11.3 Å².